The molecule has 21 heavy (non-hydrogen) atoms. The lowest BCUT2D eigenvalue weighted by atomic mass is 10.1. The molecule has 0 radical (unpaired) electrons. The minimum absolute atomic E-state index is 0.401. The highest BCUT2D eigenvalue weighted by molar-refractivity contribution is 5.36. The molecule has 1 aromatic carbocycles. The lowest BCUT2D eigenvalue weighted by Crippen LogP contribution is -2.21. The van der Waals surface area contributed by atoms with Crippen LogP contribution >= 0.6 is 0 Å². The Kier molecular flexibility index (Phi) is 5.96. The number of rotatable bonds is 5. The molecule has 108 valence electrons. The van der Waals surface area contributed by atoms with E-state index in [-0.39, 0.29) is 0 Å². The van der Waals surface area contributed by atoms with Gasteiger partial charge in [-0.15, -0.1) is 0 Å². The van der Waals surface area contributed by atoms with Crippen LogP contribution in [-0.2, 0) is 13.0 Å². The summed E-state index contributed by atoms with van der Waals surface area (Å²) in [5.41, 5.74) is 8.81. The summed E-state index contributed by atoms with van der Waals surface area (Å²) in [5, 5.41) is 0. The molecule has 0 fully saturated rings. The number of pyridine rings is 1. The molecule has 3 heteroatoms. The zero-order valence-corrected chi connectivity index (χ0v) is 12.4. The van der Waals surface area contributed by atoms with Gasteiger partial charge in [-0.2, -0.15) is 0 Å². The van der Waals surface area contributed by atoms with Crippen molar-refractivity contribution in [2.45, 2.75) is 13.0 Å². The minimum Gasteiger partial charge on any atom is -0.320 e. The Hall–Kier alpha value is -2.15. The molecule has 0 aliphatic rings. The molecule has 1 heterocycles. The van der Waals surface area contributed by atoms with E-state index in [0.29, 0.717) is 6.54 Å². The van der Waals surface area contributed by atoms with E-state index in [1.54, 1.807) is 0 Å². The van der Waals surface area contributed by atoms with Crippen LogP contribution in [-0.4, -0.2) is 30.0 Å². The SMILES string of the molecule is CN(CCc1ccccn1)Cc1ccc(C#CCN)cc1. The molecule has 0 aliphatic heterocycles. The van der Waals surface area contributed by atoms with Gasteiger partial charge in [0, 0.05) is 37.0 Å². The molecule has 2 N–H and O–H groups in total. The number of benzene rings is 1. The second kappa shape index (κ2) is 8.21. The molecule has 0 atom stereocenters. The largest absolute Gasteiger partial charge is 0.320 e. The van der Waals surface area contributed by atoms with Gasteiger partial charge in [-0.3, -0.25) is 4.98 Å². The molecular formula is C18H21N3. The number of nitrogens with two attached hydrogens (primary N) is 1. The fraction of sp³-hybridized carbons (Fsp3) is 0.278. The third-order valence-corrected chi connectivity index (χ3v) is 3.22. The Balaban J connectivity index is 1.83. The van der Waals surface area contributed by atoms with E-state index < -0.39 is 0 Å². The van der Waals surface area contributed by atoms with Gasteiger partial charge in [-0.1, -0.05) is 30.0 Å². The molecule has 0 aliphatic carbocycles. The molecule has 1 aromatic heterocycles. The zero-order chi connectivity index (χ0) is 14.9. The molecule has 0 amide bonds. The summed E-state index contributed by atoms with van der Waals surface area (Å²) in [5.74, 6) is 5.90. The third kappa shape index (κ3) is 5.39. The number of hydrogen-bond donors (Lipinski definition) is 1. The van der Waals surface area contributed by atoms with E-state index in [4.69, 9.17) is 5.73 Å². The van der Waals surface area contributed by atoms with Gasteiger partial charge >= 0.3 is 0 Å². The fourth-order valence-corrected chi connectivity index (χ4v) is 2.09. The van der Waals surface area contributed by atoms with E-state index >= 15 is 0 Å². The topological polar surface area (TPSA) is 42.2 Å². The first kappa shape index (κ1) is 15.2. The Bertz CT molecular complexity index is 594. The van der Waals surface area contributed by atoms with Crippen LogP contribution in [0.25, 0.3) is 0 Å². The van der Waals surface area contributed by atoms with Gasteiger partial charge in [0.2, 0.25) is 0 Å². The van der Waals surface area contributed by atoms with Crippen LogP contribution in [0.5, 0.6) is 0 Å². The van der Waals surface area contributed by atoms with Gasteiger partial charge < -0.3 is 10.6 Å². The summed E-state index contributed by atoms with van der Waals surface area (Å²) in [6, 6.07) is 14.4. The number of aromatic nitrogens is 1. The number of hydrogen-bond acceptors (Lipinski definition) is 3. The maximum absolute atomic E-state index is 5.37. The summed E-state index contributed by atoms with van der Waals surface area (Å²) in [4.78, 5) is 6.65. The molecule has 0 unspecified atom stereocenters. The van der Waals surface area contributed by atoms with Gasteiger partial charge in [-0.25, -0.2) is 0 Å². The zero-order valence-electron chi connectivity index (χ0n) is 12.4. The van der Waals surface area contributed by atoms with E-state index in [9.17, 15) is 0 Å². The lowest BCUT2D eigenvalue weighted by molar-refractivity contribution is 0.330. The highest BCUT2D eigenvalue weighted by Gasteiger charge is 2.01. The normalized spacial score (nSPS) is 10.2. The average Bonchev–Trinajstić information content (AvgIpc) is 2.53. The minimum atomic E-state index is 0.401. The van der Waals surface area contributed by atoms with E-state index in [1.165, 1.54) is 5.56 Å². The summed E-state index contributed by atoms with van der Waals surface area (Å²) in [6.07, 6.45) is 2.81. The Morgan fingerprint density at radius 3 is 2.62 bits per heavy atom. The Labute approximate surface area is 126 Å². The van der Waals surface area contributed by atoms with E-state index in [1.807, 2.05) is 30.5 Å². The van der Waals surface area contributed by atoms with Crippen molar-refractivity contribution < 1.29 is 0 Å². The highest BCUT2D eigenvalue weighted by atomic mass is 15.1. The third-order valence-electron chi connectivity index (χ3n) is 3.22. The molecule has 0 saturated heterocycles. The van der Waals surface area contributed by atoms with Crippen molar-refractivity contribution in [1.29, 1.82) is 0 Å². The van der Waals surface area contributed by atoms with Crippen LogP contribution in [0.1, 0.15) is 16.8 Å². The maximum Gasteiger partial charge on any atom is 0.0555 e. The lowest BCUT2D eigenvalue weighted by Gasteiger charge is -2.16. The highest BCUT2D eigenvalue weighted by Crippen LogP contribution is 2.07. The monoisotopic (exact) mass is 279 g/mol. The predicted octanol–water partition coefficient (Wildman–Crippen LogP) is 2.07. The van der Waals surface area contributed by atoms with Gasteiger partial charge in [0.05, 0.1) is 6.54 Å². The summed E-state index contributed by atoms with van der Waals surface area (Å²) < 4.78 is 0. The van der Waals surface area contributed by atoms with Crippen LogP contribution < -0.4 is 5.73 Å². The van der Waals surface area contributed by atoms with Crippen molar-refractivity contribution in [3.63, 3.8) is 0 Å². The molecule has 0 bridgehead atoms. The van der Waals surface area contributed by atoms with E-state index in [2.05, 4.69) is 47.0 Å². The first-order valence-corrected chi connectivity index (χ1v) is 7.14. The Morgan fingerprint density at radius 2 is 1.95 bits per heavy atom. The van der Waals surface area contributed by atoms with Gasteiger partial charge in [-0.05, 0) is 36.9 Å². The molecule has 2 rings (SSSR count). The first-order chi connectivity index (χ1) is 10.3. The summed E-state index contributed by atoms with van der Waals surface area (Å²) >= 11 is 0. The van der Waals surface area contributed by atoms with Crippen molar-refractivity contribution in [3.8, 4) is 11.8 Å². The van der Waals surface area contributed by atoms with Crippen molar-refractivity contribution in [3.05, 3.63) is 65.5 Å². The van der Waals surface area contributed by atoms with Crippen LogP contribution in [0, 0.1) is 11.8 Å². The molecule has 3 nitrogen and oxygen atoms in total. The van der Waals surface area contributed by atoms with Crippen molar-refractivity contribution in [2.24, 2.45) is 5.73 Å². The van der Waals surface area contributed by atoms with Crippen LogP contribution in [0.2, 0.25) is 0 Å². The average molecular weight is 279 g/mol. The first-order valence-electron chi connectivity index (χ1n) is 7.14. The predicted molar refractivity (Wildman–Crippen MR) is 86.6 cm³/mol. The quantitative estimate of drug-likeness (QED) is 0.852. The molecule has 0 spiro atoms. The van der Waals surface area contributed by atoms with Crippen LogP contribution in [0.4, 0.5) is 0 Å². The maximum atomic E-state index is 5.37. The molecule has 2 aromatic rings. The Morgan fingerprint density at radius 1 is 1.14 bits per heavy atom. The van der Waals surface area contributed by atoms with Crippen LogP contribution in [0.15, 0.2) is 48.7 Å². The van der Waals surface area contributed by atoms with Gasteiger partial charge in [0.1, 0.15) is 0 Å². The number of nitrogens with zero attached hydrogens (tertiary/aromatic N) is 2. The second-order valence-corrected chi connectivity index (χ2v) is 5.01. The summed E-state index contributed by atoms with van der Waals surface area (Å²) in [6.45, 7) is 2.32. The van der Waals surface area contributed by atoms with Gasteiger partial charge in [0.25, 0.3) is 0 Å². The van der Waals surface area contributed by atoms with Crippen molar-refractivity contribution >= 4 is 0 Å². The van der Waals surface area contributed by atoms with Crippen molar-refractivity contribution in [2.75, 3.05) is 20.1 Å². The van der Waals surface area contributed by atoms with Gasteiger partial charge in [0.15, 0.2) is 0 Å². The van der Waals surface area contributed by atoms with Crippen LogP contribution in [0.3, 0.4) is 0 Å². The standard InChI is InChI=1S/C18H21N3/c1-21(14-11-18-6-2-3-13-20-18)15-17-9-7-16(8-10-17)5-4-12-19/h2-3,6-10,13H,11-12,14-15,19H2,1H3. The number of likely N-dealkylation sites (N-methyl/N-ethyl adjacent to an activating group) is 1. The second-order valence-electron chi connectivity index (χ2n) is 5.01. The summed E-state index contributed by atoms with van der Waals surface area (Å²) in [7, 11) is 2.13. The molecular weight excluding hydrogens is 258 g/mol. The molecule has 0 saturated carbocycles. The fourth-order valence-electron chi connectivity index (χ4n) is 2.09. The van der Waals surface area contributed by atoms with Crippen molar-refractivity contribution in [1.82, 2.24) is 9.88 Å². The smallest absolute Gasteiger partial charge is 0.0555 e. The van der Waals surface area contributed by atoms with E-state index in [0.717, 1.165) is 30.8 Å².